The van der Waals surface area contributed by atoms with E-state index in [1.165, 1.54) is 0 Å². The van der Waals surface area contributed by atoms with Crippen LogP contribution in [-0.4, -0.2) is 42.0 Å². The number of carbonyl (C=O) groups excluding carboxylic acids is 1. The molecule has 0 heterocycles. The van der Waals surface area contributed by atoms with Crippen LogP contribution in [-0.2, 0) is 16.1 Å². The van der Waals surface area contributed by atoms with E-state index in [1.54, 1.807) is 11.9 Å². The number of rotatable bonds is 8. The van der Waals surface area contributed by atoms with Crippen molar-refractivity contribution in [2.24, 2.45) is 0 Å². The zero-order valence-electron chi connectivity index (χ0n) is 11.1. The summed E-state index contributed by atoms with van der Waals surface area (Å²) < 4.78 is 0. The van der Waals surface area contributed by atoms with Crippen molar-refractivity contribution in [1.82, 2.24) is 10.2 Å². The maximum absolute atomic E-state index is 12.0. The van der Waals surface area contributed by atoms with E-state index >= 15 is 0 Å². The van der Waals surface area contributed by atoms with E-state index < -0.39 is 5.97 Å². The van der Waals surface area contributed by atoms with Crippen LogP contribution in [0.3, 0.4) is 0 Å². The molecule has 0 saturated heterocycles. The van der Waals surface area contributed by atoms with Crippen LogP contribution in [0, 0.1) is 0 Å². The molecule has 0 aliphatic heterocycles. The molecular weight excluding hydrogens is 244 g/mol. The van der Waals surface area contributed by atoms with Gasteiger partial charge in [0.25, 0.3) is 0 Å². The van der Waals surface area contributed by atoms with E-state index in [9.17, 15) is 9.59 Å². The van der Waals surface area contributed by atoms with Crippen molar-refractivity contribution in [1.29, 1.82) is 0 Å². The molecule has 1 amide bonds. The maximum Gasteiger partial charge on any atom is 0.305 e. The number of nitrogens with one attached hydrogen (secondary N) is 1. The lowest BCUT2D eigenvalue weighted by Gasteiger charge is -2.22. The van der Waals surface area contributed by atoms with Crippen LogP contribution < -0.4 is 5.32 Å². The Kier molecular flexibility index (Phi) is 6.60. The average Bonchev–Trinajstić information content (AvgIpc) is 2.41. The zero-order chi connectivity index (χ0) is 14.1. The van der Waals surface area contributed by atoms with E-state index in [1.807, 2.05) is 30.3 Å². The SMILES string of the molecule is CNCCC(=O)N(CCC(=O)O)Cc1ccccc1. The molecule has 5 heteroatoms. The number of carboxylic acids is 1. The van der Waals surface area contributed by atoms with E-state index in [2.05, 4.69) is 5.32 Å². The highest BCUT2D eigenvalue weighted by molar-refractivity contribution is 5.77. The van der Waals surface area contributed by atoms with E-state index in [4.69, 9.17) is 5.11 Å². The van der Waals surface area contributed by atoms with Gasteiger partial charge in [0.05, 0.1) is 6.42 Å². The van der Waals surface area contributed by atoms with E-state index in [0.29, 0.717) is 19.5 Å². The standard InChI is InChI=1S/C14H20N2O3/c1-15-9-7-13(17)16(10-8-14(18)19)11-12-5-3-2-4-6-12/h2-6,15H,7-11H2,1H3,(H,18,19). The van der Waals surface area contributed by atoms with Crippen molar-refractivity contribution in [2.45, 2.75) is 19.4 Å². The lowest BCUT2D eigenvalue weighted by molar-refractivity contribution is -0.138. The highest BCUT2D eigenvalue weighted by Gasteiger charge is 2.14. The van der Waals surface area contributed by atoms with Gasteiger partial charge in [-0.3, -0.25) is 9.59 Å². The quantitative estimate of drug-likeness (QED) is 0.737. The first kappa shape index (κ1) is 15.2. The molecule has 0 bridgehead atoms. The minimum absolute atomic E-state index is 0.0283. The summed E-state index contributed by atoms with van der Waals surface area (Å²) in [4.78, 5) is 24.3. The number of carboxylic acid groups (broad SMARTS) is 1. The Morgan fingerprint density at radius 2 is 1.89 bits per heavy atom. The number of hydrogen-bond acceptors (Lipinski definition) is 3. The van der Waals surface area contributed by atoms with Crippen LogP contribution in [0.15, 0.2) is 30.3 Å². The summed E-state index contributed by atoms with van der Waals surface area (Å²) in [5, 5.41) is 11.7. The third kappa shape index (κ3) is 6.01. The topological polar surface area (TPSA) is 69.6 Å². The largest absolute Gasteiger partial charge is 0.481 e. The fourth-order valence-corrected chi connectivity index (χ4v) is 1.72. The monoisotopic (exact) mass is 264 g/mol. The Balaban J connectivity index is 2.62. The summed E-state index contributed by atoms with van der Waals surface area (Å²) in [6.07, 6.45) is 0.348. The second kappa shape index (κ2) is 8.26. The van der Waals surface area contributed by atoms with Gasteiger partial charge in [-0.15, -0.1) is 0 Å². The van der Waals surface area contributed by atoms with Gasteiger partial charge in [-0.2, -0.15) is 0 Å². The van der Waals surface area contributed by atoms with E-state index in [0.717, 1.165) is 5.56 Å². The van der Waals surface area contributed by atoms with Gasteiger partial charge in [-0.25, -0.2) is 0 Å². The lowest BCUT2D eigenvalue weighted by Crippen LogP contribution is -2.34. The fourth-order valence-electron chi connectivity index (χ4n) is 1.72. The van der Waals surface area contributed by atoms with Crippen LogP contribution in [0.1, 0.15) is 18.4 Å². The Bertz CT molecular complexity index is 406. The molecule has 0 spiro atoms. The second-order valence-corrected chi connectivity index (χ2v) is 4.30. The van der Waals surface area contributed by atoms with Gasteiger partial charge in [-0.05, 0) is 12.6 Å². The first-order valence-electron chi connectivity index (χ1n) is 6.31. The minimum atomic E-state index is -0.889. The minimum Gasteiger partial charge on any atom is -0.481 e. The molecule has 0 aromatic heterocycles. The Morgan fingerprint density at radius 1 is 1.21 bits per heavy atom. The molecule has 5 nitrogen and oxygen atoms in total. The van der Waals surface area contributed by atoms with Gasteiger partial charge in [0.15, 0.2) is 0 Å². The molecule has 104 valence electrons. The summed E-state index contributed by atoms with van der Waals surface area (Å²) >= 11 is 0. The molecule has 1 aromatic carbocycles. The van der Waals surface area contributed by atoms with Gasteiger partial charge < -0.3 is 15.3 Å². The number of amides is 1. The molecule has 0 radical (unpaired) electrons. The van der Waals surface area contributed by atoms with Crippen LogP contribution >= 0.6 is 0 Å². The molecule has 1 rings (SSSR count). The Hall–Kier alpha value is -1.88. The van der Waals surface area contributed by atoms with Crippen LogP contribution in [0.25, 0.3) is 0 Å². The van der Waals surface area contributed by atoms with Gasteiger partial charge in [0.1, 0.15) is 0 Å². The summed E-state index contributed by atoms with van der Waals surface area (Å²) in [5.74, 6) is -0.918. The predicted molar refractivity (Wildman–Crippen MR) is 72.7 cm³/mol. The fraction of sp³-hybridized carbons (Fsp3) is 0.429. The Labute approximate surface area is 113 Å². The summed E-state index contributed by atoms with van der Waals surface area (Å²) in [6.45, 7) is 1.29. The van der Waals surface area contributed by atoms with Gasteiger partial charge in [0.2, 0.25) is 5.91 Å². The Morgan fingerprint density at radius 3 is 2.47 bits per heavy atom. The van der Waals surface area contributed by atoms with Crippen molar-refractivity contribution in [3.05, 3.63) is 35.9 Å². The van der Waals surface area contributed by atoms with Crippen molar-refractivity contribution < 1.29 is 14.7 Å². The van der Waals surface area contributed by atoms with Crippen LogP contribution in [0.2, 0.25) is 0 Å². The number of aliphatic carboxylic acids is 1. The zero-order valence-corrected chi connectivity index (χ0v) is 11.1. The first-order chi connectivity index (χ1) is 9.13. The predicted octanol–water partition coefficient (Wildman–Crippen LogP) is 1.10. The summed E-state index contributed by atoms with van der Waals surface area (Å²) in [5.41, 5.74) is 1.01. The molecule has 0 aliphatic carbocycles. The highest BCUT2D eigenvalue weighted by atomic mass is 16.4. The van der Waals surface area contributed by atoms with Gasteiger partial charge in [-0.1, -0.05) is 30.3 Å². The van der Waals surface area contributed by atoms with Crippen molar-refractivity contribution in [3.63, 3.8) is 0 Å². The normalized spacial score (nSPS) is 10.2. The second-order valence-electron chi connectivity index (χ2n) is 4.30. The third-order valence-electron chi connectivity index (χ3n) is 2.75. The number of hydrogen-bond donors (Lipinski definition) is 2. The number of nitrogens with zero attached hydrogens (tertiary/aromatic N) is 1. The number of carbonyl (C=O) groups is 2. The van der Waals surface area contributed by atoms with Crippen LogP contribution in [0.4, 0.5) is 0 Å². The molecule has 0 aliphatic rings. The third-order valence-corrected chi connectivity index (χ3v) is 2.75. The van der Waals surface area contributed by atoms with Crippen LogP contribution in [0.5, 0.6) is 0 Å². The van der Waals surface area contributed by atoms with E-state index in [-0.39, 0.29) is 18.9 Å². The first-order valence-corrected chi connectivity index (χ1v) is 6.31. The molecule has 0 unspecified atom stereocenters. The molecule has 0 saturated carbocycles. The summed E-state index contributed by atoms with van der Waals surface area (Å²) in [7, 11) is 1.78. The molecule has 0 fully saturated rings. The highest BCUT2D eigenvalue weighted by Crippen LogP contribution is 2.07. The maximum atomic E-state index is 12.0. The van der Waals surface area contributed by atoms with Gasteiger partial charge >= 0.3 is 5.97 Å². The lowest BCUT2D eigenvalue weighted by atomic mass is 10.2. The number of benzene rings is 1. The molecule has 19 heavy (non-hydrogen) atoms. The van der Waals surface area contributed by atoms with Crippen molar-refractivity contribution in [3.8, 4) is 0 Å². The van der Waals surface area contributed by atoms with Crippen molar-refractivity contribution in [2.75, 3.05) is 20.1 Å². The molecule has 1 aromatic rings. The smallest absolute Gasteiger partial charge is 0.305 e. The molecular formula is C14H20N2O3. The van der Waals surface area contributed by atoms with Crippen molar-refractivity contribution >= 4 is 11.9 Å². The average molecular weight is 264 g/mol. The molecule has 0 atom stereocenters. The molecule has 2 N–H and O–H groups in total. The van der Waals surface area contributed by atoms with Gasteiger partial charge in [0, 0.05) is 26.1 Å². The summed E-state index contributed by atoms with van der Waals surface area (Å²) in [6, 6.07) is 9.58.